The van der Waals surface area contributed by atoms with Gasteiger partial charge in [-0.2, -0.15) is 5.10 Å². The van der Waals surface area contributed by atoms with Crippen LogP contribution in [0.5, 0.6) is 0 Å². The molecule has 0 aliphatic heterocycles. The molecule has 0 radical (unpaired) electrons. The molecule has 5 rings (SSSR count). The second-order valence-corrected chi connectivity index (χ2v) is 7.84. The SMILES string of the molecule is CCCCn1nc(-c2ccccc2)nc1Cc1ccc(-c2cnccc2-c2nnn[nH]2)cc1. The lowest BCUT2D eigenvalue weighted by Gasteiger charge is -2.08. The molecular formula is C25H24N8. The smallest absolute Gasteiger partial charge is 0.181 e. The quantitative estimate of drug-likeness (QED) is 0.382. The maximum Gasteiger partial charge on any atom is 0.181 e. The summed E-state index contributed by atoms with van der Waals surface area (Å²) in [6.45, 7) is 3.06. The van der Waals surface area contributed by atoms with Gasteiger partial charge in [0.2, 0.25) is 0 Å². The summed E-state index contributed by atoms with van der Waals surface area (Å²) in [7, 11) is 0. The van der Waals surface area contributed by atoms with Gasteiger partial charge in [-0.25, -0.2) is 14.8 Å². The molecule has 33 heavy (non-hydrogen) atoms. The van der Waals surface area contributed by atoms with E-state index in [-0.39, 0.29) is 0 Å². The molecule has 0 aliphatic carbocycles. The topological polar surface area (TPSA) is 98.1 Å². The molecule has 0 atom stereocenters. The molecule has 8 nitrogen and oxygen atoms in total. The van der Waals surface area contributed by atoms with E-state index in [2.05, 4.69) is 61.5 Å². The Hall–Kier alpha value is -4.20. The van der Waals surface area contributed by atoms with Crippen molar-refractivity contribution in [1.82, 2.24) is 40.4 Å². The average Bonchev–Trinajstić information content (AvgIpc) is 3.54. The van der Waals surface area contributed by atoms with Crippen molar-refractivity contribution < 1.29 is 0 Å². The summed E-state index contributed by atoms with van der Waals surface area (Å²) in [6.07, 6.45) is 6.48. The second kappa shape index (κ2) is 9.52. The number of unbranched alkanes of at least 4 members (excludes halogenated alkanes) is 1. The van der Waals surface area contributed by atoms with Gasteiger partial charge in [0.1, 0.15) is 5.82 Å². The summed E-state index contributed by atoms with van der Waals surface area (Å²) in [5, 5.41) is 19.1. The third kappa shape index (κ3) is 4.55. The van der Waals surface area contributed by atoms with Crippen LogP contribution in [0.25, 0.3) is 33.9 Å². The molecule has 8 heteroatoms. The number of aryl methyl sites for hydroxylation is 1. The number of aromatic nitrogens is 8. The van der Waals surface area contributed by atoms with E-state index in [9.17, 15) is 0 Å². The van der Waals surface area contributed by atoms with Gasteiger partial charge >= 0.3 is 0 Å². The Balaban J connectivity index is 1.42. The first-order valence-electron chi connectivity index (χ1n) is 11.1. The summed E-state index contributed by atoms with van der Waals surface area (Å²) in [5.41, 5.74) is 5.15. The van der Waals surface area contributed by atoms with Crippen LogP contribution in [0.4, 0.5) is 0 Å². The van der Waals surface area contributed by atoms with Gasteiger partial charge in [0, 0.05) is 42.0 Å². The number of rotatable bonds is 8. The van der Waals surface area contributed by atoms with E-state index in [1.54, 1.807) is 6.20 Å². The fourth-order valence-corrected chi connectivity index (χ4v) is 3.79. The molecule has 164 valence electrons. The number of H-pyrrole nitrogens is 1. The zero-order valence-electron chi connectivity index (χ0n) is 18.4. The average molecular weight is 437 g/mol. The summed E-state index contributed by atoms with van der Waals surface area (Å²) >= 11 is 0. The number of aromatic amines is 1. The summed E-state index contributed by atoms with van der Waals surface area (Å²) < 4.78 is 2.05. The van der Waals surface area contributed by atoms with Crippen LogP contribution in [0, 0.1) is 0 Å². The molecule has 2 aromatic carbocycles. The highest BCUT2D eigenvalue weighted by Gasteiger charge is 2.14. The van der Waals surface area contributed by atoms with Crippen LogP contribution in [-0.4, -0.2) is 40.4 Å². The minimum absolute atomic E-state index is 0.619. The van der Waals surface area contributed by atoms with Crippen molar-refractivity contribution >= 4 is 0 Å². The number of benzene rings is 2. The molecule has 5 aromatic rings. The maximum absolute atomic E-state index is 4.87. The monoisotopic (exact) mass is 436 g/mol. The van der Waals surface area contributed by atoms with Crippen LogP contribution in [-0.2, 0) is 13.0 Å². The fraction of sp³-hybridized carbons (Fsp3) is 0.200. The third-order valence-electron chi connectivity index (χ3n) is 5.55. The Kier molecular flexibility index (Phi) is 5.97. The van der Waals surface area contributed by atoms with Gasteiger partial charge in [0.15, 0.2) is 11.6 Å². The van der Waals surface area contributed by atoms with E-state index in [0.717, 1.165) is 59.7 Å². The fourth-order valence-electron chi connectivity index (χ4n) is 3.79. The van der Waals surface area contributed by atoms with E-state index in [1.165, 1.54) is 5.56 Å². The van der Waals surface area contributed by atoms with Crippen molar-refractivity contribution in [3.63, 3.8) is 0 Å². The van der Waals surface area contributed by atoms with Crippen LogP contribution < -0.4 is 0 Å². The van der Waals surface area contributed by atoms with Gasteiger partial charge in [-0.15, -0.1) is 5.10 Å². The molecule has 3 aromatic heterocycles. The third-order valence-corrected chi connectivity index (χ3v) is 5.55. The summed E-state index contributed by atoms with van der Waals surface area (Å²) in [4.78, 5) is 9.16. The number of pyridine rings is 1. The minimum atomic E-state index is 0.619. The molecule has 0 amide bonds. The Morgan fingerprint density at radius 2 is 1.76 bits per heavy atom. The van der Waals surface area contributed by atoms with Crippen LogP contribution in [0.3, 0.4) is 0 Å². The molecule has 0 bridgehead atoms. The van der Waals surface area contributed by atoms with Crippen LogP contribution >= 0.6 is 0 Å². The van der Waals surface area contributed by atoms with E-state index < -0.39 is 0 Å². The Labute approximate surface area is 191 Å². The van der Waals surface area contributed by atoms with Gasteiger partial charge in [-0.1, -0.05) is 67.9 Å². The highest BCUT2D eigenvalue weighted by molar-refractivity contribution is 5.79. The van der Waals surface area contributed by atoms with Gasteiger partial charge in [-0.05, 0) is 34.0 Å². The van der Waals surface area contributed by atoms with Gasteiger partial charge < -0.3 is 0 Å². The minimum Gasteiger partial charge on any atom is -0.264 e. The van der Waals surface area contributed by atoms with Crippen molar-refractivity contribution in [3.8, 4) is 33.9 Å². The van der Waals surface area contributed by atoms with Crippen LogP contribution in [0.2, 0.25) is 0 Å². The molecule has 0 aliphatic rings. The van der Waals surface area contributed by atoms with Crippen molar-refractivity contribution in [2.75, 3.05) is 0 Å². The summed E-state index contributed by atoms with van der Waals surface area (Å²) in [6, 6.07) is 20.5. The highest BCUT2D eigenvalue weighted by atomic mass is 15.5. The van der Waals surface area contributed by atoms with E-state index in [4.69, 9.17) is 10.1 Å². The first kappa shape index (κ1) is 20.7. The molecule has 0 fully saturated rings. The lowest BCUT2D eigenvalue weighted by molar-refractivity contribution is 0.550. The lowest BCUT2D eigenvalue weighted by atomic mass is 9.99. The molecule has 0 saturated carbocycles. The molecule has 0 saturated heterocycles. The molecule has 0 spiro atoms. The number of hydrogen-bond acceptors (Lipinski definition) is 6. The number of nitrogens with zero attached hydrogens (tertiary/aromatic N) is 7. The zero-order valence-corrected chi connectivity index (χ0v) is 18.4. The van der Waals surface area contributed by atoms with Crippen molar-refractivity contribution in [2.24, 2.45) is 0 Å². The highest BCUT2D eigenvalue weighted by Crippen LogP contribution is 2.29. The largest absolute Gasteiger partial charge is 0.264 e. The Morgan fingerprint density at radius 1 is 0.909 bits per heavy atom. The second-order valence-electron chi connectivity index (χ2n) is 7.84. The number of hydrogen-bond donors (Lipinski definition) is 1. The van der Waals surface area contributed by atoms with Crippen LogP contribution in [0.1, 0.15) is 31.2 Å². The predicted molar refractivity (Wildman–Crippen MR) is 126 cm³/mol. The molecular weight excluding hydrogens is 412 g/mol. The van der Waals surface area contributed by atoms with E-state index in [1.807, 2.05) is 42.6 Å². The normalized spacial score (nSPS) is 11.1. The molecule has 0 unspecified atom stereocenters. The van der Waals surface area contributed by atoms with Crippen LogP contribution in [0.15, 0.2) is 73.1 Å². The van der Waals surface area contributed by atoms with Crippen molar-refractivity contribution in [2.45, 2.75) is 32.7 Å². The standard InChI is InChI=1S/C25H24N8/c1-2-3-15-33-23(27-24(30-33)20-7-5-4-6-8-20)16-18-9-11-19(12-10-18)22-17-26-14-13-21(22)25-28-31-32-29-25/h4-14,17H,2-3,15-16H2,1H3,(H,28,29,31,32). The Morgan fingerprint density at radius 3 is 2.52 bits per heavy atom. The van der Waals surface area contributed by atoms with E-state index in [0.29, 0.717) is 5.82 Å². The first-order valence-corrected chi connectivity index (χ1v) is 11.1. The molecule has 3 heterocycles. The van der Waals surface area contributed by atoms with Gasteiger partial charge in [0.05, 0.1) is 0 Å². The maximum atomic E-state index is 4.87. The first-order chi connectivity index (χ1) is 16.3. The lowest BCUT2D eigenvalue weighted by Crippen LogP contribution is -2.06. The zero-order chi connectivity index (χ0) is 22.5. The number of nitrogens with one attached hydrogen (secondary N) is 1. The molecule has 1 N–H and O–H groups in total. The number of tetrazole rings is 1. The van der Waals surface area contributed by atoms with Crippen molar-refractivity contribution in [3.05, 3.63) is 84.4 Å². The van der Waals surface area contributed by atoms with Gasteiger partial charge in [-0.3, -0.25) is 4.98 Å². The summed E-state index contributed by atoms with van der Waals surface area (Å²) in [5.74, 6) is 2.37. The predicted octanol–water partition coefficient (Wildman–Crippen LogP) is 4.58. The van der Waals surface area contributed by atoms with Crippen molar-refractivity contribution in [1.29, 1.82) is 0 Å². The van der Waals surface area contributed by atoms with Gasteiger partial charge in [0.25, 0.3) is 0 Å². The Bertz CT molecular complexity index is 1310. The van der Waals surface area contributed by atoms with E-state index >= 15 is 0 Å².